The van der Waals surface area contributed by atoms with E-state index >= 15 is 0 Å². The fourth-order valence-corrected chi connectivity index (χ4v) is 3.40. The maximum absolute atomic E-state index is 12.7. The van der Waals surface area contributed by atoms with E-state index in [9.17, 15) is 9.59 Å². The van der Waals surface area contributed by atoms with Crippen LogP contribution in [0.15, 0.2) is 48.7 Å². The van der Waals surface area contributed by atoms with Gasteiger partial charge in [-0.1, -0.05) is 18.2 Å². The van der Waals surface area contributed by atoms with Gasteiger partial charge < -0.3 is 14.8 Å². The molecule has 0 aliphatic rings. The molecule has 1 amide bonds. The van der Waals surface area contributed by atoms with Crippen molar-refractivity contribution in [2.45, 2.75) is 20.8 Å². The van der Waals surface area contributed by atoms with Crippen molar-refractivity contribution in [2.24, 2.45) is 7.05 Å². The lowest BCUT2D eigenvalue weighted by Gasteiger charge is -2.22. The summed E-state index contributed by atoms with van der Waals surface area (Å²) >= 11 is 0. The number of carbonyl (C=O) groups is 2. The van der Waals surface area contributed by atoms with E-state index in [4.69, 9.17) is 0 Å². The molecule has 0 radical (unpaired) electrons. The number of anilines is 2. The van der Waals surface area contributed by atoms with E-state index in [0.29, 0.717) is 11.3 Å². The average molecular weight is 363 g/mol. The molecule has 0 aliphatic heterocycles. The third-order valence-corrected chi connectivity index (χ3v) is 4.93. The highest BCUT2D eigenvalue weighted by Gasteiger charge is 2.21. The number of para-hydroxylation sites is 1. The molecular formula is C22H25N3O2. The predicted octanol–water partition coefficient (Wildman–Crippen LogP) is 4.15. The number of carbonyl (C=O) groups excluding carboxylic acids is 2. The molecule has 2 aromatic carbocycles. The van der Waals surface area contributed by atoms with E-state index in [0.717, 1.165) is 35.2 Å². The van der Waals surface area contributed by atoms with Crippen LogP contribution in [0.1, 0.15) is 29.8 Å². The molecule has 0 bridgehead atoms. The van der Waals surface area contributed by atoms with Gasteiger partial charge in [-0.25, -0.2) is 0 Å². The van der Waals surface area contributed by atoms with Gasteiger partial charge in [0.05, 0.1) is 5.56 Å². The Morgan fingerprint density at radius 3 is 2.44 bits per heavy atom. The van der Waals surface area contributed by atoms with E-state index in [1.807, 2.05) is 61.0 Å². The van der Waals surface area contributed by atoms with E-state index in [2.05, 4.69) is 24.1 Å². The summed E-state index contributed by atoms with van der Waals surface area (Å²) in [4.78, 5) is 27.5. The largest absolute Gasteiger partial charge is 0.372 e. The van der Waals surface area contributed by atoms with E-state index in [1.54, 1.807) is 6.20 Å². The Morgan fingerprint density at radius 2 is 1.78 bits per heavy atom. The first-order valence-electron chi connectivity index (χ1n) is 9.21. The lowest BCUT2D eigenvalue weighted by Crippen LogP contribution is -2.24. The van der Waals surface area contributed by atoms with Gasteiger partial charge in [0.2, 0.25) is 0 Å². The van der Waals surface area contributed by atoms with Crippen LogP contribution < -0.4 is 10.2 Å². The highest BCUT2D eigenvalue weighted by molar-refractivity contribution is 6.48. The third kappa shape index (κ3) is 3.58. The average Bonchev–Trinajstić information content (AvgIpc) is 3.01. The molecular weight excluding hydrogens is 338 g/mol. The monoisotopic (exact) mass is 363 g/mol. The Balaban J connectivity index is 1.83. The van der Waals surface area contributed by atoms with Crippen molar-refractivity contribution in [3.8, 4) is 0 Å². The Labute approximate surface area is 159 Å². The van der Waals surface area contributed by atoms with Gasteiger partial charge in [0, 0.05) is 48.6 Å². The van der Waals surface area contributed by atoms with Crippen LogP contribution in [0, 0.1) is 6.92 Å². The first-order valence-corrected chi connectivity index (χ1v) is 9.21. The Kier molecular flexibility index (Phi) is 5.31. The number of rotatable bonds is 6. The van der Waals surface area contributed by atoms with Gasteiger partial charge in [0.15, 0.2) is 0 Å². The SMILES string of the molecule is CCN(CC)c1ccc(NC(=O)C(=O)c2cn(C)c3ccccc23)c(C)c1. The molecule has 0 atom stereocenters. The molecule has 3 rings (SSSR count). The van der Waals surface area contributed by atoms with Gasteiger partial charge in [-0.15, -0.1) is 0 Å². The zero-order chi connectivity index (χ0) is 19.6. The van der Waals surface area contributed by atoms with Crippen molar-refractivity contribution < 1.29 is 9.59 Å². The van der Waals surface area contributed by atoms with Gasteiger partial charge in [0.1, 0.15) is 0 Å². The highest BCUT2D eigenvalue weighted by atomic mass is 16.2. The first-order chi connectivity index (χ1) is 13.0. The molecule has 0 saturated heterocycles. The summed E-state index contributed by atoms with van der Waals surface area (Å²) in [6.07, 6.45) is 1.71. The normalized spacial score (nSPS) is 10.8. The molecule has 5 heteroatoms. The number of aromatic nitrogens is 1. The number of hydrogen-bond acceptors (Lipinski definition) is 3. The molecule has 140 valence electrons. The van der Waals surface area contributed by atoms with Gasteiger partial charge in [0.25, 0.3) is 11.7 Å². The van der Waals surface area contributed by atoms with Crippen molar-refractivity contribution in [3.63, 3.8) is 0 Å². The van der Waals surface area contributed by atoms with Crippen molar-refractivity contribution in [2.75, 3.05) is 23.3 Å². The predicted molar refractivity (Wildman–Crippen MR) is 111 cm³/mol. The van der Waals surface area contributed by atoms with Crippen molar-refractivity contribution in [1.29, 1.82) is 0 Å². The van der Waals surface area contributed by atoms with Crippen LogP contribution in [0.3, 0.4) is 0 Å². The molecule has 1 aromatic heterocycles. The first kappa shape index (κ1) is 18.7. The summed E-state index contributed by atoms with van der Waals surface area (Å²) in [5, 5.41) is 3.55. The molecule has 3 aromatic rings. The molecule has 1 N–H and O–H groups in total. The summed E-state index contributed by atoms with van der Waals surface area (Å²) < 4.78 is 1.86. The molecule has 5 nitrogen and oxygen atoms in total. The van der Waals surface area contributed by atoms with Crippen LogP contribution in [0.2, 0.25) is 0 Å². The van der Waals surface area contributed by atoms with Gasteiger partial charge >= 0.3 is 0 Å². The lowest BCUT2D eigenvalue weighted by molar-refractivity contribution is -0.112. The van der Waals surface area contributed by atoms with Crippen LogP contribution in [0.4, 0.5) is 11.4 Å². The minimum atomic E-state index is -0.620. The van der Waals surface area contributed by atoms with Crippen LogP contribution >= 0.6 is 0 Å². The standard InChI is InChI=1S/C22H25N3O2/c1-5-25(6-2)16-11-12-19(15(3)13-16)23-22(27)21(26)18-14-24(4)20-10-8-7-9-17(18)20/h7-14H,5-6H2,1-4H3,(H,23,27). The molecule has 0 unspecified atom stereocenters. The maximum Gasteiger partial charge on any atom is 0.296 e. The van der Waals surface area contributed by atoms with Crippen LogP contribution in [-0.2, 0) is 11.8 Å². The lowest BCUT2D eigenvalue weighted by atomic mass is 10.1. The number of aryl methyl sites for hydroxylation is 2. The minimum Gasteiger partial charge on any atom is -0.372 e. The van der Waals surface area contributed by atoms with Crippen LogP contribution in [-0.4, -0.2) is 29.3 Å². The smallest absolute Gasteiger partial charge is 0.296 e. The number of fused-ring (bicyclic) bond motifs is 1. The number of nitrogens with one attached hydrogen (secondary N) is 1. The zero-order valence-electron chi connectivity index (χ0n) is 16.2. The Hall–Kier alpha value is -3.08. The van der Waals surface area contributed by atoms with Crippen LogP contribution in [0.5, 0.6) is 0 Å². The topological polar surface area (TPSA) is 54.3 Å². The van der Waals surface area contributed by atoms with Crippen LogP contribution in [0.25, 0.3) is 10.9 Å². The van der Waals surface area contributed by atoms with Gasteiger partial charge in [-0.3, -0.25) is 9.59 Å². The number of nitrogens with zero attached hydrogens (tertiary/aromatic N) is 2. The van der Waals surface area contributed by atoms with E-state index in [1.165, 1.54) is 0 Å². The van der Waals surface area contributed by atoms with E-state index < -0.39 is 11.7 Å². The Morgan fingerprint density at radius 1 is 1.07 bits per heavy atom. The molecule has 0 fully saturated rings. The summed E-state index contributed by atoms with van der Waals surface area (Å²) in [5.74, 6) is -1.15. The van der Waals surface area contributed by atoms with Crippen molar-refractivity contribution >= 4 is 34.0 Å². The fourth-order valence-electron chi connectivity index (χ4n) is 3.40. The summed E-state index contributed by atoms with van der Waals surface area (Å²) in [6.45, 7) is 7.99. The second-order valence-electron chi connectivity index (χ2n) is 6.63. The second kappa shape index (κ2) is 7.66. The summed E-state index contributed by atoms with van der Waals surface area (Å²) in [5.41, 5.74) is 4.04. The molecule has 27 heavy (non-hydrogen) atoms. The molecule has 0 aliphatic carbocycles. The minimum absolute atomic E-state index is 0.419. The molecule has 1 heterocycles. The number of amides is 1. The maximum atomic E-state index is 12.7. The molecule has 0 spiro atoms. The van der Waals surface area contributed by atoms with Crippen molar-refractivity contribution in [3.05, 3.63) is 59.8 Å². The number of benzene rings is 2. The zero-order valence-corrected chi connectivity index (χ0v) is 16.2. The van der Waals surface area contributed by atoms with Crippen molar-refractivity contribution in [1.82, 2.24) is 4.57 Å². The quantitative estimate of drug-likeness (QED) is 0.529. The fraction of sp³-hybridized carbons (Fsp3) is 0.273. The Bertz CT molecular complexity index is 1000. The third-order valence-electron chi connectivity index (χ3n) is 4.93. The summed E-state index contributed by atoms with van der Waals surface area (Å²) in [7, 11) is 1.87. The summed E-state index contributed by atoms with van der Waals surface area (Å²) in [6, 6.07) is 13.4. The highest BCUT2D eigenvalue weighted by Crippen LogP contribution is 2.24. The number of Topliss-reactive ketones (excluding diaryl/α,β-unsaturated/α-hetero) is 1. The second-order valence-corrected chi connectivity index (χ2v) is 6.63. The number of ketones is 1. The van der Waals surface area contributed by atoms with Gasteiger partial charge in [-0.05, 0) is 50.6 Å². The van der Waals surface area contributed by atoms with Gasteiger partial charge in [-0.2, -0.15) is 0 Å². The molecule has 0 saturated carbocycles. The number of hydrogen-bond donors (Lipinski definition) is 1. The van der Waals surface area contributed by atoms with E-state index in [-0.39, 0.29) is 0 Å².